The first-order valence-electron chi connectivity index (χ1n) is 5.92. The van der Waals surface area contributed by atoms with E-state index in [0.29, 0.717) is 22.5 Å². The molecule has 0 unspecified atom stereocenters. The number of sulfonamides is 1. The second-order valence-electron chi connectivity index (χ2n) is 4.42. The quantitative estimate of drug-likeness (QED) is 0.849. The highest BCUT2D eigenvalue weighted by molar-refractivity contribution is 7.92. The lowest BCUT2D eigenvalue weighted by molar-refractivity contribution is 0.601. The number of nitrogens with two attached hydrogens (primary N) is 1. The van der Waals surface area contributed by atoms with Gasteiger partial charge in [-0.15, -0.1) is 0 Å². The van der Waals surface area contributed by atoms with Crippen molar-refractivity contribution in [2.75, 3.05) is 10.5 Å². The van der Waals surface area contributed by atoms with E-state index >= 15 is 0 Å². The van der Waals surface area contributed by atoms with Crippen LogP contribution < -0.4 is 10.5 Å². The number of anilines is 2. The number of hydrogen-bond acceptors (Lipinski definition) is 4. The third kappa shape index (κ3) is 3.27. The topological polar surface area (TPSA) is 96.0 Å². The van der Waals surface area contributed by atoms with E-state index in [1.807, 2.05) is 6.07 Å². The van der Waals surface area contributed by atoms with Crippen LogP contribution in [0.2, 0.25) is 5.02 Å². The van der Waals surface area contributed by atoms with E-state index in [-0.39, 0.29) is 9.92 Å². The molecule has 5 nitrogen and oxygen atoms in total. The van der Waals surface area contributed by atoms with Crippen LogP contribution in [-0.4, -0.2) is 8.42 Å². The summed E-state index contributed by atoms with van der Waals surface area (Å²) in [5.74, 6) is 0. The van der Waals surface area contributed by atoms with Gasteiger partial charge in [0.05, 0.1) is 22.2 Å². The summed E-state index contributed by atoms with van der Waals surface area (Å²) in [6.07, 6.45) is 0. The monoisotopic (exact) mass is 321 g/mol. The molecule has 7 heteroatoms. The fraction of sp³-hybridized carbons (Fsp3) is 0.0714. The summed E-state index contributed by atoms with van der Waals surface area (Å²) in [5, 5.41) is 9.10. The van der Waals surface area contributed by atoms with Crippen LogP contribution in [0.5, 0.6) is 0 Å². The van der Waals surface area contributed by atoms with Crippen LogP contribution in [0, 0.1) is 18.3 Å². The van der Waals surface area contributed by atoms with Crippen LogP contribution in [0.1, 0.15) is 11.1 Å². The zero-order valence-electron chi connectivity index (χ0n) is 11.1. The Hall–Kier alpha value is -2.23. The summed E-state index contributed by atoms with van der Waals surface area (Å²) in [6, 6.07) is 10.8. The highest BCUT2D eigenvalue weighted by Crippen LogP contribution is 2.27. The Kier molecular flexibility index (Phi) is 4.07. The highest BCUT2D eigenvalue weighted by Gasteiger charge is 2.17. The lowest BCUT2D eigenvalue weighted by Crippen LogP contribution is -2.13. The summed E-state index contributed by atoms with van der Waals surface area (Å²) in [6.45, 7) is 1.71. The van der Waals surface area contributed by atoms with Crippen molar-refractivity contribution in [2.24, 2.45) is 0 Å². The second kappa shape index (κ2) is 5.64. The lowest BCUT2D eigenvalue weighted by atomic mass is 10.2. The maximum absolute atomic E-state index is 12.3. The van der Waals surface area contributed by atoms with E-state index in [0.717, 1.165) is 0 Å². The Labute approximate surface area is 128 Å². The molecule has 0 saturated carbocycles. The standard InChI is InChI=1S/C14H12ClN3O2S/c1-9-13(15)6-12(7-14(9)17)21(19,20)18-11-4-2-3-10(5-11)8-16/h2-7,18H,17H2,1H3. The molecule has 0 saturated heterocycles. The molecule has 21 heavy (non-hydrogen) atoms. The molecule has 0 aromatic heterocycles. The van der Waals surface area contributed by atoms with Crippen LogP contribution in [0.25, 0.3) is 0 Å². The van der Waals surface area contributed by atoms with Gasteiger partial charge in [-0.05, 0) is 42.8 Å². The predicted molar refractivity (Wildman–Crippen MR) is 82.6 cm³/mol. The molecule has 0 heterocycles. The van der Waals surface area contributed by atoms with Gasteiger partial charge >= 0.3 is 0 Å². The van der Waals surface area contributed by atoms with Crippen LogP contribution >= 0.6 is 11.6 Å². The number of nitrogens with one attached hydrogen (secondary N) is 1. The number of nitriles is 1. The molecule has 3 N–H and O–H groups in total. The Bertz CT molecular complexity index is 819. The second-order valence-corrected chi connectivity index (χ2v) is 6.51. The fourth-order valence-electron chi connectivity index (χ4n) is 1.70. The van der Waals surface area contributed by atoms with E-state index in [9.17, 15) is 8.42 Å². The van der Waals surface area contributed by atoms with Crippen LogP contribution in [-0.2, 0) is 10.0 Å². The van der Waals surface area contributed by atoms with Crippen molar-refractivity contribution >= 4 is 33.0 Å². The number of nitrogens with zero attached hydrogens (tertiary/aromatic N) is 1. The van der Waals surface area contributed by atoms with Gasteiger partial charge in [-0.25, -0.2) is 8.42 Å². The maximum Gasteiger partial charge on any atom is 0.262 e. The number of hydrogen-bond donors (Lipinski definition) is 2. The SMILES string of the molecule is Cc1c(N)cc(S(=O)(=O)Nc2cccc(C#N)c2)cc1Cl. The molecule has 0 atom stereocenters. The van der Waals surface area contributed by atoms with E-state index < -0.39 is 10.0 Å². The molecule has 2 rings (SSSR count). The largest absolute Gasteiger partial charge is 0.398 e. The number of halogens is 1. The van der Waals surface area contributed by atoms with E-state index in [4.69, 9.17) is 22.6 Å². The third-order valence-corrected chi connectivity index (χ3v) is 4.67. The van der Waals surface area contributed by atoms with Gasteiger partial charge < -0.3 is 5.73 Å². The first kappa shape index (κ1) is 15.2. The molecule has 2 aromatic rings. The first-order chi connectivity index (χ1) is 9.83. The Morgan fingerprint density at radius 3 is 2.62 bits per heavy atom. The maximum atomic E-state index is 12.3. The molecular formula is C14H12ClN3O2S. The third-order valence-electron chi connectivity index (χ3n) is 2.91. The number of nitrogen functional groups attached to an aromatic ring is 1. The Balaban J connectivity index is 2.41. The zero-order chi connectivity index (χ0) is 15.6. The Morgan fingerprint density at radius 2 is 2.00 bits per heavy atom. The van der Waals surface area contributed by atoms with Crippen molar-refractivity contribution in [3.05, 3.63) is 52.5 Å². The lowest BCUT2D eigenvalue weighted by Gasteiger charge is -2.11. The van der Waals surface area contributed by atoms with E-state index in [1.54, 1.807) is 25.1 Å². The zero-order valence-corrected chi connectivity index (χ0v) is 12.7. The predicted octanol–water partition coefficient (Wildman–Crippen LogP) is 2.90. The van der Waals surface area contributed by atoms with Crippen molar-refractivity contribution in [2.45, 2.75) is 11.8 Å². The summed E-state index contributed by atoms with van der Waals surface area (Å²) in [7, 11) is -3.82. The van der Waals surface area contributed by atoms with Crippen molar-refractivity contribution < 1.29 is 8.42 Å². The molecule has 0 bridgehead atoms. The van der Waals surface area contributed by atoms with E-state index in [2.05, 4.69) is 4.72 Å². The molecule has 0 radical (unpaired) electrons. The number of benzene rings is 2. The summed E-state index contributed by atoms with van der Waals surface area (Å²) in [5.41, 5.74) is 7.32. The molecule has 0 aliphatic rings. The molecule has 0 spiro atoms. The molecule has 0 aliphatic heterocycles. The van der Waals surface area contributed by atoms with Crippen molar-refractivity contribution in [3.8, 4) is 6.07 Å². The smallest absolute Gasteiger partial charge is 0.262 e. The molecule has 2 aromatic carbocycles. The molecule has 0 aliphatic carbocycles. The van der Waals surface area contributed by atoms with Gasteiger partial charge in [0.15, 0.2) is 0 Å². The van der Waals surface area contributed by atoms with Gasteiger partial charge in [-0.3, -0.25) is 4.72 Å². The van der Waals surface area contributed by atoms with Crippen molar-refractivity contribution in [3.63, 3.8) is 0 Å². The minimum atomic E-state index is -3.82. The Morgan fingerprint density at radius 1 is 1.29 bits per heavy atom. The number of rotatable bonds is 3. The molecule has 0 amide bonds. The van der Waals surface area contributed by atoms with E-state index in [1.165, 1.54) is 18.2 Å². The van der Waals surface area contributed by atoms with Crippen LogP contribution in [0.15, 0.2) is 41.3 Å². The van der Waals surface area contributed by atoms with Gasteiger partial charge in [-0.1, -0.05) is 17.7 Å². The van der Waals surface area contributed by atoms with Crippen molar-refractivity contribution in [1.82, 2.24) is 0 Å². The summed E-state index contributed by atoms with van der Waals surface area (Å²) >= 11 is 5.96. The van der Waals surface area contributed by atoms with Gasteiger partial charge in [0.25, 0.3) is 10.0 Å². The van der Waals surface area contributed by atoms with Crippen LogP contribution in [0.3, 0.4) is 0 Å². The fourth-order valence-corrected chi connectivity index (χ4v) is 3.10. The van der Waals surface area contributed by atoms with Gasteiger partial charge in [-0.2, -0.15) is 5.26 Å². The van der Waals surface area contributed by atoms with Gasteiger partial charge in [0.1, 0.15) is 0 Å². The molecular weight excluding hydrogens is 310 g/mol. The van der Waals surface area contributed by atoms with Crippen molar-refractivity contribution in [1.29, 1.82) is 5.26 Å². The molecule has 0 fully saturated rings. The first-order valence-corrected chi connectivity index (χ1v) is 7.78. The van der Waals surface area contributed by atoms with Gasteiger partial charge in [0.2, 0.25) is 0 Å². The van der Waals surface area contributed by atoms with Crippen LogP contribution in [0.4, 0.5) is 11.4 Å². The average molecular weight is 322 g/mol. The molecule has 108 valence electrons. The average Bonchev–Trinajstić information content (AvgIpc) is 2.44. The normalized spacial score (nSPS) is 10.9. The minimum absolute atomic E-state index is 0.0297. The van der Waals surface area contributed by atoms with Gasteiger partial charge in [0, 0.05) is 10.7 Å². The minimum Gasteiger partial charge on any atom is -0.398 e. The summed E-state index contributed by atoms with van der Waals surface area (Å²) in [4.78, 5) is -0.0297. The summed E-state index contributed by atoms with van der Waals surface area (Å²) < 4.78 is 27.0. The highest BCUT2D eigenvalue weighted by atomic mass is 35.5.